The number of nitrogens with one attached hydrogen (secondary N) is 2. The van der Waals surface area contributed by atoms with Gasteiger partial charge in [-0.05, 0) is 18.4 Å². The van der Waals surface area contributed by atoms with Crippen LogP contribution in [0.25, 0.3) is 0 Å². The van der Waals surface area contributed by atoms with E-state index in [1.54, 1.807) is 11.3 Å². The zero-order chi connectivity index (χ0) is 12.5. The lowest BCUT2D eigenvalue weighted by Gasteiger charge is -2.11. The smallest absolute Gasteiger partial charge is 0.191 e. The van der Waals surface area contributed by atoms with Crippen LogP contribution in [-0.4, -0.2) is 37.3 Å². The number of rotatable bonds is 6. The third kappa shape index (κ3) is 6.55. The van der Waals surface area contributed by atoms with Crippen molar-refractivity contribution in [2.75, 3.05) is 26.2 Å². The van der Waals surface area contributed by atoms with E-state index in [9.17, 15) is 0 Å². The maximum atomic E-state index is 8.77. The molecule has 0 aromatic carbocycles. The molecule has 0 amide bonds. The minimum absolute atomic E-state index is 0. The van der Waals surface area contributed by atoms with E-state index < -0.39 is 0 Å². The number of aliphatic hydroxyl groups is 1. The predicted octanol–water partition coefficient (Wildman–Crippen LogP) is 2.02. The van der Waals surface area contributed by atoms with Crippen LogP contribution in [0.4, 0.5) is 0 Å². The van der Waals surface area contributed by atoms with Crippen molar-refractivity contribution in [1.82, 2.24) is 10.6 Å². The first-order valence-electron chi connectivity index (χ1n) is 5.94. The molecule has 6 heteroatoms. The third-order valence-corrected chi connectivity index (χ3v) is 3.40. The van der Waals surface area contributed by atoms with E-state index in [2.05, 4.69) is 40.1 Å². The lowest BCUT2D eigenvalue weighted by Crippen LogP contribution is -2.38. The first-order valence-corrected chi connectivity index (χ1v) is 6.82. The number of thiophene rings is 1. The molecule has 0 saturated carbocycles. The van der Waals surface area contributed by atoms with Gasteiger partial charge in [0.25, 0.3) is 0 Å². The van der Waals surface area contributed by atoms with Crippen LogP contribution >= 0.6 is 35.3 Å². The number of halogens is 1. The molecule has 3 N–H and O–H groups in total. The quantitative estimate of drug-likeness (QED) is 0.400. The summed E-state index contributed by atoms with van der Waals surface area (Å²) >= 11 is 1.76. The molecule has 0 aliphatic rings. The zero-order valence-electron chi connectivity index (χ0n) is 10.8. The summed E-state index contributed by atoms with van der Waals surface area (Å²) < 4.78 is 0. The van der Waals surface area contributed by atoms with Crippen LogP contribution in [0.3, 0.4) is 0 Å². The zero-order valence-corrected chi connectivity index (χ0v) is 14.0. The Kier molecular flexibility index (Phi) is 10.4. The van der Waals surface area contributed by atoms with Crippen molar-refractivity contribution in [3.63, 3.8) is 0 Å². The van der Waals surface area contributed by atoms with E-state index in [0.717, 1.165) is 19.0 Å². The van der Waals surface area contributed by atoms with Gasteiger partial charge in [-0.15, -0.1) is 35.3 Å². The van der Waals surface area contributed by atoms with Crippen LogP contribution in [0.5, 0.6) is 0 Å². The van der Waals surface area contributed by atoms with Gasteiger partial charge in [0.05, 0.1) is 13.2 Å². The minimum atomic E-state index is 0. The van der Waals surface area contributed by atoms with Crippen LogP contribution in [0.15, 0.2) is 22.5 Å². The molecular formula is C12H22IN3OS. The normalized spacial score (nSPS) is 12.7. The average molecular weight is 383 g/mol. The molecule has 104 valence electrons. The maximum Gasteiger partial charge on any atom is 0.191 e. The Balaban J connectivity index is 0.00000289. The molecule has 1 atom stereocenters. The van der Waals surface area contributed by atoms with Gasteiger partial charge in [0.15, 0.2) is 5.96 Å². The third-order valence-electron chi connectivity index (χ3n) is 2.30. The van der Waals surface area contributed by atoms with Crippen LogP contribution < -0.4 is 10.6 Å². The predicted molar refractivity (Wildman–Crippen MR) is 89.2 cm³/mol. The fourth-order valence-corrected chi connectivity index (χ4v) is 2.18. The molecular weight excluding hydrogens is 361 g/mol. The van der Waals surface area contributed by atoms with Crippen molar-refractivity contribution in [2.45, 2.75) is 19.8 Å². The highest BCUT2D eigenvalue weighted by atomic mass is 127. The molecule has 1 unspecified atom stereocenters. The van der Waals surface area contributed by atoms with Gasteiger partial charge in [0.1, 0.15) is 0 Å². The molecule has 0 radical (unpaired) electrons. The summed E-state index contributed by atoms with van der Waals surface area (Å²) in [4.78, 5) is 5.85. The van der Waals surface area contributed by atoms with E-state index >= 15 is 0 Å². The van der Waals surface area contributed by atoms with E-state index in [0.29, 0.717) is 12.5 Å². The molecule has 1 heterocycles. The first-order chi connectivity index (χ1) is 8.27. The number of aliphatic imine (C=N–C) groups is 1. The number of aliphatic hydroxyl groups excluding tert-OH is 1. The molecule has 0 fully saturated rings. The Morgan fingerprint density at radius 2 is 2.28 bits per heavy atom. The Labute approximate surface area is 130 Å². The number of hydrogen-bond donors (Lipinski definition) is 3. The molecule has 0 aliphatic heterocycles. The molecule has 1 aromatic heterocycles. The Morgan fingerprint density at radius 1 is 1.50 bits per heavy atom. The van der Waals surface area contributed by atoms with Crippen molar-refractivity contribution >= 4 is 41.3 Å². The van der Waals surface area contributed by atoms with Crippen molar-refractivity contribution in [3.05, 3.63) is 22.4 Å². The van der Waals surface area contributed by atoms with Crippen LogP contribution in [0, 0.1) is 0 Å². The van der Waals surface area contributed by atoms with Gasteiger partial charge in [-0.25, -0.2) is 0 Å². The van der Waals surface area contributed by atoms with E-state index in [-0.39, 0.29) is 30.6 Å². The highest BCUT2D eigenvalue weighted by Crippen LogP contribution is 2.20. The van der Waals surface area contributed by atoms with Crippen LogP contribution in [0.2, 0.25) is 0 Å². The van der Waals surface area contributed by atoms with Gasteiger partial charge < -0.3 is 15.7 Å². The summed E-state index contributed by atoms with van der Waals surface area (Å²) in [5.41, 5.74) is 0. The molecule has 0 spiro atoms. The number of hydrogen-bond acceptors (Lipinski definition) is 3. The van der Waals surface area contributed by atoms with Crippen LogP contribution in [0.1, 0.15) is 24.6 Å². The summed E-state index contributed by atoms with van der Waals surface area (Å²) in [5, 5.41) is 17.1. The SMILES string of the molecule is CCNC(=NCC(C)c1cccs1)NCCO.I. The fraction of sp³-hybridized carbons (Fsp3) is 0.583. The van der Waals surface area contributed by atoms with Gasteiger partial charge in [-0.1, -0.05) is 13.0 Å². The maximum absolute atomic E-state index is 8.77. The van der Waals surface area contributed by atoms with Gasteiger partial charge in [-0.2, -0.15) is 0 Å². The molecule has 1 rings (SSSR count). The molecule has 4 nitrogen and oxygen atoms in total. The van der Waals surface area contributed by atoms with E-state index in [1.807, 2.05) is 6.92 Å². The van der Waals surface area contributed by atoms with Crippen molar-refractivity contribution in [3.8, 4) is 0 Å². The first kappa shape index (κ1) is 17.7. The Hall–Kier alpha value is -0.340. The largest absolute Gasteiger partial charge is 0.395 e. The monoisotopic (exact) mass is 383 g/mol. The summed E-state index contributed by atoms with van der Waals surface area (Å²) in [6.45, 7) is 6.42. The Bertz CT molecular complexity index is 330. The standard InChI is InChI=1S/C12H21N3OS.HI/c1-3-13-12(14-6-7-16)15-9-10(2)11-5-4-8-17-11;/h4-5,8,10,16H,3,6-7,9H2,1-2H3,(H2,13,14,15);1H. The lowest BCUT2D eigenvalue weighted by molar-refractivity contribution is 0.300. The number of guanidine groups is 1. The van der Waals surface area contributed by atoms with Gasteiger partial charge >= 0.3 is 0 Å². The fourth-order valence-electron chi connectivity index (χ4n) is 1.41. The van der Waals surface area contributed by atoms with Crippen molar-refractivity contribution in [1.29, 1.82) is 0 Å². The summed E-state index contributed by atoms with van der Waals surface area (Å²) in [5.74, 6) is 1.20. The second-order valence-electron chi connectivity index (χ2n) is 3.79. The highest BCUT2D eigenvalue weighted by Gasteiger charge is 2.06. The average Bonchev–Trinajstić information content (AvgIpc) is 2.86. The van der Waals surface area contributed by atoms with E-state index in [4.69, 9.17) is 5.11 Å². The molecule has 18 heavy (non-hydrogen) atoms. The summed E-state index contributed by atoms with van der Waals surface area (Å²) in [7, 11) is 0. The minimum Gasteiger partial charge on any atom is -0.395 e. The lowest BCUT2D eigenvalue weighted by atomic mass is 10.1. The molecule has 0 saturated heterocycles. The van der Waals surface area contributed by atoms with Gasteiger partial charge in [-0.3, -0.25) is 4.99 Å². The number of nitrogens with zero attached hydrogens (tertiary/aromatic N) is 1. The second-order valence-corrected chi connectivity index (χ2v) is 4.77. The summed E-state index contributed by atoms with van der Waals surface area (Å²) in [6, 6.07) is 4.20. The topological polar surface area (TPSA) is 56.7 Å². The van der Waals surface area contributed by atoms with Crippen LogP contribution in [-0.2, 0) is 0 Å². The van der Waals surface area contributed by atoms with Gasteiger partial charge in [0.2, 0.25) is 0 Å². The summed E-state index contributed by atoms with van der Waals surface area (Å²) in [6.07, 6.45) is 0. The molecule has 0 aliphatic carbocycles. The highest BCUT2D eigenvalue weighted by molar-refractivity contribution is 14.0. The van der Waals surface area contributed by atoms with Crippen molar-refractivity contribution < 1.29 is 5.11 Å². The second kappa shape index (κ2) is 10.6. The Morgan fingerprint density at radius 3 is 2.83 bits per heavy atom. The van der Waals surface area contributed by atoms with Crippen molar-refractivity contribution in [2.24, 2.45) is 4.99 Å². The molecule has 0 bridgehead atoms. The molecule has 1 aromatic rings. The van der Waals surface area contributed by atoms with E-state index in [1.165, 1.54) is 4.88 Å². The van der Waals surface area contributed by atoms with Gasteiger partial charge in [0, 0.05) is 23.9 Å².